The van der Waals surface area contributed by atoms with E-state index in [9.17, 15) is 18.0 Å². The quantitative estimate of drug-likeness (QED) is 0.725. The molecule has 0 saturated heterocycles. The number of para-hydroxylation sites is 1. The van der Waals surface area contributed by atoms with Crippen LogP contribution in [0.5, 0.6) is 0 Å². The van der Waals surface area contributed by atoms with Crippen LogP contribution in [0.25, 0.3) is 5.69 Å². The Kier molecular flexibility index (Phi) is 4.99. The van der Waals surface area contributed by atoms with Crippen molar-refractivity contribution in [1.29, 1.82) is 0 Å². The van der Waals surface area contributed by atoms with E-state index in [0.29, 0.717) is 11.3 Å². The Bertz CT molecular complexity index is 971. The maximum Gasteiger partial charge on any atom is 0.416 e. The van der Waals surface area contributed by atoms with Crippen LogP contribution in [-0.4, -0.2) is 9.78 Å². The van der Waals surface area contributed by atoms with Crippen LogP contribution in [0.3, 0.4) is 0 Å². The van der Waals surface area contributed by atoms with E-state index in [2.05, 4.69) is 10.4 Å². The van der Waals surface area contributed by atoms with Crippen molar-refractivity contribution in [2.24, 2.45) is 0 Å². The van der Waals surface area contributed by atoms with Crippen LogP contribution in [0.15, 0.2) is 65.6 Å². The second-order valence-electron chi connectivity index (χ2n) is 5.48. The van der Waals surface area contributed by atoms with Crippen LogP contribution in [0.4, 0.5) is 18.9 Å². The summed E-state index contributed by atoms with van der Waals surface area (Å²) >= 11 is 6.10. The Hall–Kier alpha value is -2.80. The highest BCUT2D eigenvalue weighted by Gasteiger charge is 2.30. The van der Waals surface area contributed by atoms with Gasteiger partial charge in [-0.1, -0.05) is 41.9 Å². The predicted octanol–water partition coefficient (Wildman–Crippen LogP) is 4.52. The molecule has 0 fully saturated rings. The minimum absolute atomic E-state index is 0.0696. The molecule has 3 aromatic rings. The number of hydrogen-bond donors (Lipinski definition) is 1. The van der Waals surface area contributed by atoms with Crippen molar-refractivity contribution in [3.05, 3.63) is 87.3 Å². The highest BCUT2D eigenvalue weighted by Crippen LogP contribution is 2.29. The van der Waals surface area contributed by atoms with Crippen molar-refractivity contribution in [2.45, 2.75) is 12.7 Å². The van der Waals surface area contributed by atoms with Gasteiger partial charge in [0.25, 0.3) is 5.56 Å². The van der Waals surface area contributed by atoms with Crippen molar-refractivity contribution in [1.82, 2.24) is 9.78 Å². The zero-order chi connectivity index (χ0) is 18.7. The highest BCUT2D eigenvalue weighted by molar-refractivity contribution is 6.32. The summed E-state index contributed by atoms with van der Waals surface area (Å²) in [5.74, 6) is 0. The average Bonchev–Trinajstić information content (AvgIpc) is 2.63. The maximum atomic E-state index is 12.8. The van der Waals surface area contributed by atoms with Crippen LogP contribution in [0.1, 0.15) is 11.1 Å². The van der Waals surface area contributed by atoms with Gasteiger partial charge in [-0.3, -0.25) is 4.79 Å². The number of hydrogen-bond acceptors (Lipinski definition) is 3. The van der Waals surface area contributed by atoms with Gasteiger partial charge in [-0.05, 0) is 29.8 Å². The molecule has 0 aliphatic heterocycles. The zero-order valence-corrected chi connectivity index (χ0v) is 14.1. The summed E-state index contributed by atoms with van der Waals surface area (Å²) < 4.78 is 39.4. The largest absolute Gasteiger partial charge is 0.416 e. The van der Waals surface area contributed by atoms with Gasteiger partial charge in [0, 0.05) is 6.54 Å². The fraction of sp³-hybridized carbons (Fsp3) is 0.111. The molecule has 0 aliphatic rings. The Balaban J connectivity index is 1.82. The van der Waals surface area contributed by atoms with E-state index < -0.39 is 17.3 Å². The molecule has 1 heterocycles. The van der Waals surface area contributed by atoms with Gasteiger partial charge in [-0.15, -0.1) is 0 Å². The highest BCUT2D eigenvalue weighted by atomic mass is 35.5. The summed E-state index contributed by atoms with van der Waals surface area (Å²) in [5.41, 5.74) is -0.0411. The minimum Gasteiger partial charge on any atom is -0.378 e. The van der Waals surface area contributed by atoms with Gasteiger partial charge in [-0.2, -0.15) is 23.0 Å². The van der Waals surface area contributed by atoms with Gasteiger partial charge in [-0.25, -0.2) is 0 Å². The number of benzene rings is 2. The van der Waals surface area contributed by atoms with E-state index in [0.717, 1.165) is 16.8 Å². The molecular weight excluding hydrogens is 367 g/mol. The molecule has 2 aromatic carbocycles. The summed E-state index contributed by atoms with van der Waals surface area (Å²) in [6.45, 7) is 0.0696. The van der Waals surface area contributed by atoms with Crippen LogP contribution >= 0.6 is 11.6 Å². The summed E-state index contributed by atoms with van der Waals surface area (Å²) in [5, 5.41) is 6.82. The van der Waals surface area contributed by atoms with E-state index in [4.69, 9.17) is 11.6 Å². The lowest BCUT2D eigenvalue weighted by Crippen LogP contribution is -2.22. The molecule has 0 spiro atoms. The summed E-state index contributed by atoms with van der Waals surface area (Å²) in [4.78, 5) is 12.4. The Morgan fingerprint density at radius 2 is 1.81 bits per heavy atom. The molecule has 0 bridgehead atoms. The van der Waals surface area contributed by atoms with Crippen molar-refractivity contribution in [3.8, 4) is 5.69 Å². The van der Waals surface area contributed by atoms with Gasteiger partial charge in [0.2, 0.25) is 0 Å². The average molecular weight is 380 g/mol. The van der Waals surface area contributed by atoms with Gasteiger partial charge in [0.15, 0.2) is 0 Å². The molecule has 3 rings (SSSR count). The second-order valence-corrected chi connectivity index (χ2v) is 5.85. The summed E-state index contributed by atoms with van der Waals surface area (Å²) in [6, 6.07) is 13.7. The summed E-state index contributed by atoms with van der Waals surface area (Å²) in [7, 11) is 0. The van der Waals surface area contributed by atoms with Crippen LogP contribution < -0.4 is 10.9 Å². The number of halogens is 4. The van der Waals surface area contributed by atoms with E-state index in [1.54, 1.807) is 36.4 Å². The van der Waals surface area contributed by atoms with E-state index in [1.807, 2.05) is 0 Å². The van der Waals surface area contributed by atoms with Gasteiger partial charge in [0.05, 0.1) is 23.1 Å². The maximum absolute atomic E-state index is 12.8. The van der Waals surface area contributed by atoms with Gasteiger partial charge < -0.3 is 5.32 Å². The molecule has 0 saturated carbocycles. The number of aromatic nitrogens is 2. The van der Waals surface area contributed by atoms with Crippen molar-refractivity contribution in [3.63, 3.8) is 0 Å². The molecule has 1 N–H and O–H groups in total. The third kappa shape index (κ3) is 3.88. The molecule has 0 atom stereocenters. The van der Waals surface area contributed by atoms with E-state index in [1.165, 1.54) is 12.3 Å². The first-order valence-electron chi connectivity index (χ1n) is 7.59. The third-order valence-electron chi connectivity index (χ3n) is 3.66. The zero-order valence-electron chi connectivity index (χ0n) is 13.3. The number of alkyl halides is 3. The van der Waals surface area contributed by atoms with Gasteiger partial charge >= 0.3 is 6.18 Å². The number of anilines is 1. The van der Waals surface area contributed by atoms with Crippen LogP contribution in [-0.2, 0) is 12.7 Å². The number of nitrogens with zero attached hydrogens (tertiary/aromatic N) is 2. The SMILES string of the molecule is O=c1c(Cl)c(NCc2cccc(C(F)(F)F)c2)cnn1-c1ccccc1. The topological polar surface area (TPSA) is 46.9 Å². The third-order valence-corrected chi connectivity index (χ3v) is 4.02. The first-order chi connectivity index (χ1) is 12.4. The fourth-order valence-electron chi connectivity index (χ4n) is 2.36. The Morgan fingerprint density at radius 1 is 1.08 bits per heavy atom. The van der Waals surface area contributed by atoms with E-state index >= 15 is 0 Å². The molecule has 0 amide bonds. The number of rotatable bonds is 4. The molecule has 8 heteroatoms. The van der Waals surface area contributed by atoms with Crippen molar-refractivity contribution < 1.29 is 13.2 Å². The Morgan fingerprint density at radius 3 is 2.50 bits per heavy atom. The number of nitrogens with one attached hydrogen (secondary N) is 1. The lowest BCUT2D eigenvalue weighted by molar-refractivity contribution is -0.137. The van der Waals surface area contributed by atoms with Crippen molar-refractivity contribution >= 4 is 17.3 Å². The smallest absolute Gasteiger partial charge is 0.378 e. The van der Waals surface area contributed by atoms with Crippen LogP contribution in [0, 0.1) is 0 Å². The predicted molar refractivity (Wildman–Crippen MR) is 93.6 cm³/mol. The minimum atomic E-state index is -4.41. The Labute approximate surface area is 151 Å². The molecule has 0 unspecified atom stereocenters. The molecular formula is C18H13ClF3N3O. The molecule has 26 heavy (non-hydrogen) atoms. The summed E-state index contributed by atoms with van der Waals surface area (Å²) in [6.07, 6.45) is -3.05. The monoisotopic (exact) mass is 379 g/mol. The normalized spacial score (nSPS) is 11.4. The molecule has 0 aliphatic carbocycles. The molecule has 1 aromatic heterocycles. The second kappa shape index (κ2) is 7.21. The molecule has 4 nitrogen and oxygen atoms in total. The van der Waals surface area contributed by atoms with Gasteiger partial charge in [0.1, 0.15) is 5.02 Å². The first kappa shape index (κ1) is 18.0. The lowest BCUT2D eigenvalue weighted by atomic mass is 10.1. The van der Waals surface area contributed by atoms with Crippen LogP contribution in [0.2, 0.25) is 5.02 Å². The first-order valence-corrected chi connectivity index (χ1v) is 7.97. The lowest BCUT2D eigenvalue weighted by Gasteiger charge is -2.12. The molecule has 134 valence electrons. The van der Waals surface area contributed by atoms with E-state index in [-0.39, 0.29) is 17.3 Å². The fourth-order valence-corrected chi connectivity index (χ4v) is 2.56. The molecule has 0 radical (unpaired) electrons. The standard InChI is InChI=1S/C18H13ClF3N3O/c19-16-15(11-24-25(17(16)26)14-7-2-1-3-8-14)23-10-12-5-4-6-13(9-12)18(20,21)22/h1-9,11,23H,10H2. The van der Waals surface area contributed by atoms with Crippen molar-refractivity contribution in [2.75, 3.05) is 5.32 Å².